The highest BCUT2D eigenvalue weighted by atomic mass is 16.7. The first kappa shape index (κ1) is 63.9. The Kier molecular flexibility index (Phi) is 26.6. The van der Waals surface area contributed by atoms with Gasteiger partial charge in [0.25, 0.3) is 0 Å². The summed E-state index contributed by atoms with van der Waals surface area (Å²) in [5.74, 6) is -10.6. The minimum absolute atomic E-state index is 0.0249. The van der Waals surface area contributed by atoms with Crippen LogP contribution in [-0.4, -0.2) is 225 Å². The van der Waals surface area contributed by atoms with Crippen LogP contribution in [0.3, 0.4) is 0 Å². The maximum atomic E-state index is 13.6. The zero-order valence-electron chi connectivity index (χ0n) is 41.2. The summed E-state index contributed by atoms with van der Waals surface area (Å²) in [7, 11) is 0. The fourth-order valence-corrected chi connectivity index (χ4v) is 7.37. The molecule has 420 valence electrons. The van der Waals surface area contributed by atoms with Crippen LogP contribution in [0, 0.1) is 0 Å². The lowest BCUT2D eigenvalue weighted by Gasteiger charge is -2.48. The number of carbonyl (C=O) groups is 11. The molecule has 16 unspecified atom stereocenters. The van der Waals surface area contributed by atoms with Crippen molar-refractivity contribution in [2.24, 2.45) is 11.5 Å². The molecule has 74 heavy (non-hydrogen) atoms. The summed E-state index contributed by atoms with van der Waals surface area (Å²) < 4.78 is 23.2. The van der Waals surface area contributed by atoms with Crippen molar-refractivity contribution >= 4 is 65.1 Å². The van der Waals surface area contributed by atoms with Crippen LogP contribution >= 0.6 is 0 Å². The van der Waals surface area contributed by atoms with Crippen molar-refractivity contribution in [1.82, 2.24) is 42.5 Å². The van der Waals surface area contributed by atoms with Crippen LogP contribution in [0.25, 0.3) is 0 Å². The summed E-state index contributed by atoms with van der Waals surface area (Å²) in [5, 5.41) is 88.8. The van der Waals surface area contributed by atoms with Gasteiger partial charge in [0.2, 0.25) is 53.2 Å². The lowest BCUT2D eigenvalue weighted by Crippen LogP contribution is -2.70. The zero-order valence-corrected chi connectivity index (χ0v) is 41.2. The number of aliphatic carboxylic acids is 2. The highest BCUT2D eigenvalue weighted by molar-refractivity contribution is 5.94. The number of carboxylic acids is 2. The number of amides is 9. The number of aliphatic hydroxyl groups excluding tert-OH is 5. The van der Waals surface area contributed by atoms with E-state index in [0.717, 1.165) is 13.8 Å². The monoisotopic (exact) mass is 1070 g/mol. The molecule has 0 spiro atoms. The van der Waals surface area contributed by atoms with Gasteiger partial charge in [-0.15, -0.1) is 0 Å². The van der Waals surface area contributed by atoms with Crippen molar-refractivity contribution in [2.75, 3.05) is 26.3 Å². The SMILES string of the molecule is CC(=O)NC1C(OC2C(CO)OC(O)C(NC(C)=O)C2OC(C)C(=O)NC(C)C(=O)NC(CCC(=O)NC(CCCCNC(=O)CC(N)C(=O)O)C(=O)NC(C)C(=O)NCC(=O)O)C(N)=O)OC(CO)C(O)C1O. The molecule has 19 N–H and O–H groups in total. The van der Waals surface area contributed by atoms with E-state index in [0.29, 0.717) is 0 Å². The Labute approximate surface area is 423 Å². The molecule has 2 fully saturated rings. The number of nitrogens with two attached hydrogens (primary N) is 2. The van der Waals surface area contributed by atoms with Crippen LogP contribution in [0.15, 0.2) is 0 Å². The van der Waals surface area contributed by atoms with Gasteiger partial charge in [0.05, 0.1) is 19.6 Å². The third-order valence-corrected chi connectivity index (χ3v) is 11.3. The van der Waals surface area contributed by atoms with Crippen LogP contribution in [0.5, 0.6) is 0 Å². The van der Waals surface area contributed by atoms with E-state index in [1.165, 1.54) is 20.8 Å². The second-order valence-electron chi connectivity index (χ2n) is 17.4. The molecule has 0 aliphatic carbocycles. The Morgan fingerprint density at radius 1 is 0.649 bits per heavy atom. The average molecular weight is 1070 g/mol. The predicted octanol–water partition coefficient (Wildman–Crippen LogP) is -9.16. The first-order valence-electron chi connectivity index (χ1n) is 23.3. The predicted molar refractivity (Wildman–Crippen MR) is 245 cm³/mol. The fraction of sp³-hybridized carbons (Fsp3) is 0.738. The first-order chi connectivity index (χ1) is 34.6. The van der Waals surface area contributed by atoms with Crippen molar-refractivity contribution in [1.29, 1.82) is 0 Å². The summed E-state index contributed by atoms with van der Waals surface area (Å²) in [4.78, 5) is 136. The number of unbranched alkanes of at least 4 members (excludes halogenated alkanes) is 1. The standard InChI is InChI=1S/C42H70N10O22/c1-16(36(64)46-13-28(59)60)48-39(67)23(8-6-7-11-45-27(58)12-21(43)40(68)69)51-26(57)10-9-22(35(44)63)52-37(65)17(2)47-38(66)18(3)71-34-30(50-20(5)56)41(70)72-25(15-54)33(34)74-42-29(49-19(4)55)32(62)31(61)24(14-53)73-42/h16-18,21-25,29-34,41-42,53-54,61-62,70H,6-15,43H2,1-5H3,(H2,44,63)(H,45,58)(H,46,64)(H,47,66)(H,48,67)(H,49,55)(H,50,56)(H,51,57)(H,52,65)(H,59,60)(H,68,69). The number of hydrogen-bond donors (Lipinski definition) is 17. The molecule has 0 radical (unpaired) electrons. The zero-order chi connectivity index (χ0) is 56.1. The molecule has 16 atom stereocenters. The van der Waals surface area contributed by atoms with E-state index < -0.39 is 202 Å². The summed E-state index contributed by atoms with van der Waals surface area (Å²) in [6.07, 6.45) is -16.2. The van der Waals surface area contributed by atoms with Crippen molar-refractivity contribution in [3.63, 3.8) is 0 Å². The molecular formula is C42H70N10O22. The normalized spacial score (nSPS) is 25.9. The first-order valence-corrected chi connectivity index (χ1v) is 23.3. The van der Waals surface area contributed by atoms with E-state index in [-0.39, 0.29) is 25.8 Å². The van der Waals surface area contributed by atoms with Crippen LogP contribution in [-0.2, 0) is 71.7 Å². The van der Waals surface area contributed by atoms with E-state index in [4.69, 9.17) is 40.6 Å². The van der Waals surface area contributed by atoms with Gasteiger partial charge in [-0.1, -0.05) is 0 Å². The van der Waals surface area contributed by atoms with Crippen molar-refractivity contribution in [2.45, 2.75) is 171 Å². The molecular weight excluding hydrogens is 997 g/mol. The van der Waals surface area contributed by atoms with E-state index in [1.807, 2.05) is 0 Å². The van der Waals surface area contributed by atoms with Gasteiger partial charge in [0.1, 0.15) is 91.6 Å². The quantitative estimate of drug-likeness (QED) is 0.0297. The maximum absolute atomic E-state index is 13.6. The van der Waals surface area contributed by atoms with Crippen molar-refractivity contribution in [3.05, 3.63) is 0 Å². The molecule has 0 bridgehead atoms. The minimum atomic E-state index is -1.91. The van der Waals surface area contributed by atoms with Gasteiger partial charge in [-0.3, -0.25) is 52.7 Å². The van der Waals surface area contributed by atoms with E-state index in [9.17, 15) is 78.3 Å². The van der Waals surface area contributed by atoms with Crippen LogP contribution in [0.2, 0.25) is 0 Å². The largest absolute Gasteiger partial charge is 0.480 e. The molecule has 2 aliphatic rings. The number of rotatable bonds is 30. The number of carbonyl (C=O) groups excluding carboxylic acids is 9. The van der Waals surface area contributed by atoms with Gasteiger partial charge in [0, 0.05) is 26.8 Å². The minimum Gasteiger partial charge on any atom is -0.480 e. The number of nitrogens with one attached hydrogen (secondary N) is 8. The molecule has 2 heterocycles. The molecule has 9 amide bonds. The molecule has 32 heteroatoms. The van der Waals surface area contributed by atoms with E-state index >= 15 is 0 Å². The van der Waals surface area contributed by atoms with Gasteiger partial charge >= 0.3 is 11.9 Å². The van der Waals surface area contributed by atoms with Crippen molar-refractivity contribution in [3.8, 4) is 0 Å². The number of primary amides is 1. The summed E-state index contributed by atoms with van der Waals surface area (Å²) in [6.45, 7) is 3.31. The average Bonchev–Trinajstić information content (AvgIpc) is 3.32. The van der Waals surface area contributed by atoms with Gasteiger partial charge < -0.3 is 109 Å². The van der Waals surface area contributed by atoms with Crippen LogP contribution < -0.4 is 54.0 Å². The van der Waals surface area contributed by atoms with Crippen LogP contribution in [0.4, 0.5) is 0 Å². The van der Waals surface area contributed by atoms with Gasteiger partial charge in [-0.25, -0.2) is 0 Å². The Hall–Kier alpha value is -6.23. The van der Waals surface area contributed by atoms with E-state index in [2.05, 4.69) is 42.5 Å². The van der Waals surface area contributed by atoms with Gasteiger partial charge in [-0.2, -0.15) is 0 Å². The Morgan fingerprint density at radius 3 is 1.81 bits per heavy atom. The highest BCUT2D eigenvalue weighted by Crippen LogP contribution is 2.31. The molecule has 2 rings (SSSR count). The number of carboxylic acid groups (broad SMARTS) is 2. The smallest absolute Gasteiger partial charge is 0.322 e. The Balaban J connectivity index is 2.19. The number of hydrogen-bond acceptors (Lipinski definition) is 21. The molecule has 2 saturated heterocycles. The second-order valence-corrected chi connectivity index (χ2v) is 17.4. The molecule has 32 nitrogen and oxygen atoms in total. The molecule has 0 aromatic heterocycles. The van der Waals surface area contributed by atoms with E-state index in [1.54, 1.807) is 0 Å². The molecule has 0 saturated carbocycles. The number of ether oxygens (including phenoxy) is 4. The molecule has 0 aromatic carbocycles. The van der Waals surface area contributed by atoms with Gasteiger partial charge in [0.15, 0.2) is 12.6 Å². The Morgan fingerprint density at radius 2 is 1.24 bits per heavy atom. The topological polar surface area (TPSA) is 515 Å². The third-order valence-electron chi connectivity index (χ3n) is 11.3. The lowest BCUT2D eigenvalue weighted by atomic mass is 9.94. The number of aliphatic hydroxyl groups is 5. The molecule has 0 aromatic rings. The highest BCUT2D eigenvalue weighted by Gasteiger charge is 2.53. The Bertz CT molecular complexity index is 1990. The molecule has 2 aliphatic heterocycles. The summed E-state index contributed by atoms with van der Waals surface area (Å²) in [6, 6.07) is -10.1. The second kappa shape index (κ2) is 30.8. The third kappa shape index (κ3) is 20.6. The summed E-state index contributed by atoms with van der Waals surface area (Å²) >= 11 is 0. The van der Waals surface area contributed by atoms with Crippen LogP contribution in [0.1, 0.15) is 73.1 Å². The van der Waals surface area contributed by atoms with Gasteiger partial charge in [-0.05, 0) is 46.5 Å². The maximum Gasteiger partial charge on any atom is 0.322 e. The lowest BCUT2D eigenvalue weighted by molar-refractivity contribution is -0.333. The fourth-order valence-electron chi connectivity index (χ4n) is 7.37. The van der Waals surface area contributed by atoms with Crippen molar-refractivity contribution < 1.29 is 107 Å². The summed E-state index contributed by atoms with van der Waals surface area (Å²) in [5.41, 5.74) is 10.9.